The zero-order valence-electron chi connectivity index (χ0n) is 8.91. The van der Waals surface area contributed by atoms with Gasteiger partial charge in [0.1, 0.15) is 0 Å². The fraction of sp³-hybridized carbons (Fsp3) is 0.636. The van der Waals surface area contributed by atoms with Gasteiger partial charge in [-0.2, -0.15) is 0 Å². The molecule has 0 aromatic carbocycles. The molecule has 0 unspecified atom stereocenters. The molecular weight excluding hydrogens is 180 g/mol. The highest BCUT2D eigenvalue weighted by atomic mass is 16.5. The summed E-state index contributed by atoms with van der Waals surface area (Å²) in [6.07, 6.45) is 8.33. The number of unbranched alkanes of at least 4 members (excludes halogenated alkanes) is 3. The van der Waals surface area contributed by atoms with Gasteiger partial charge < -0.3 is 4.74 Å². The monoisotopic (exact) mass is 198 g/mol. The second-order valence-corrected chi connectivity index (χ2v) is 3.09. The predicted molar refractivity (Wildman–Crippen MR) is 54.9 cm³/mol. The number of hydrogen-bond donors (Lipinski definition) is 0. The van der Waals surface area contributed by atoms with Crippen molar-refractivity contribution in [3.8, 4) is 0 Å². The van der Waals surface area contributed by atoms with E-state index in [2.05, 4.69) is 11.7 Å². The van der Waals surface area contributed by atoms with Gasteiger partial charge in [-0.05, 0) is 12.8 Å². The first-order chi connectivity index (χ1) is 6.72. The molecule has 0 aliphatic heterocycles. The number of hydrogen-bond acceptors (Lipinski definition) is 3. The largest absolute Gasteiger partial charge is 0.463 e. The molecule has 0 saturated carbocycles. The number of carbonyl (C=O) groups is 2. The molecule has 0 rings (SSSR count). The van der Waals surface area contributed by atoms with Gasteiger partial charge in [0.05, 0.1) is 7.11 Å². The lowest BCUT2D eigenvalue weighted by Crippen LogP contribution is -2.13. The Morgan fingerprint density at radius 1 is 1.21 bits per heavy atom. The van der Waals surface area contributed by atoms with Gasteiger partial charge in [-0.1, -0.05) is 31.9 Å². The van der Waals surface area contributed by atoms with Crippen molar-refractivity contribution >= 4 is 11.8 Å². The van der Waals surface area contributed by atoms with Gasteiger partial charge in [0.2, 0.25) is 5.78 Å². The van der Waals surface area contributed by atoms with Crippen LogP contribution in [-0.2, 0) is 14.3 Å². The smallest absolute Gasteiger partial charge is 0.374 e. The first kappa shape index (κ1) is 12.9. The van der Waals surface area contributed by atoms with Gasteiger partial charge in [-0.15, -0.1) is 0 Å². The molecule has 0 saturated heterocycles. The third-order valence-corrected chi connectivity index (χ3v) is 1.86. The molecule has 14 heavy (non-hydrogen) atoms. The Morgan fingerprint density at radius 3 is 2.50 bits per heavy atom. The van der Waals surface area contributed by atoms with Crippen LogP contribution in [0, 0.1) is 0 Å². The molecule has 0 aliphatic rings. The van der Waals surface area contributed by atoms with Gasteiger partial charge in [-0.25, -0.2) is 4.79 Å². The van der Waals surface area contributed by atoms with Crippen molar-refractivity contribution in [2.24, 2.45) is 0 Å². The van der Waals surface area contributed by atoms with Crippen molar-refractivity contribution in [1.29, 1.82) is 0 Å². The number of ether oxygens (including phenoxy) is 1. The van der Waals surface area contributed by atoms with Crippen LogP contribution in [0.4, 0.5) is 0 Å². The summed E-state index contributed by atoms with van der Waals surface area (Å²) in [6, 6.07) is 0. The maximum atomic E-state index is 10.9. The highest BCUT2D eigenvalue weighted by molar-refractivity contribution is 6.33. The van der Waals surface area contributed by atoms with E-state index < -0.39 is 11.8 Å². The quantitative estimate of drug-likeness (QED) is 0.273. The van der Waals surface area contributed by atoms with Crippen molar-refractivity contribution in [1.82, 2.24) is 0 Å². The van der Waals surface area contributed by atoms with Crippen LogP contribution in [0.3, 0.4) is 0 Å². The van der Waals surface area contributed by atoms with Crippen molar-refractivity contribution in [2.75, 3.05) is 7.11 Å². The molecule has 0 bridgehead atoms. The Hall–Kier alpha value is -1.12. The van der Waals surface area contributed by atoms with Crippen LogP contribution in [0.25, 0.3) is 0 Å². The first-order valence-corrected chi connectivity index (χ1v) is 4.98. The van der Waals surface area contributed by atoms with E-state index in [1.54, 1.807) is 6.08 Å². The molecule has 0 aliphatic carbocycles. The number of allylic oxidation sites excluding steroid dienone is 2. The molecule has 0 radical (unpaired) electrons. The molecular formula is C11H18O3. The van der Waals surface area contributed by atoms with E-state index in [9.17, 15) is 9.59 Å². The van der Waals surface area contributed by atoms with Gasteiger partial charge in [0.15, 0.2) is 0 Å². The standard InChI is InChI=1S/C11H18O3/c1-3-4-5-6-7-8-9-10(12)11(13)14-2/h7-8H,3-6,9H2,1-2H3/b8-7+. The van der Waals surface area contributed by atoms with Crippen molar-refractivity contribution < 1.29 is 14.3 Å². The molecule has 3 heteroatoms. The van der Waals surface area contributed by atoms with Crippen molar-refractivity contribution in [3.05, 3.63) is 12.2 Å². The van der Waals surface area contributed by atoms with E-state index in [4.69, 9.17) is 0 Å². The lowest BCUT2D eigenvalue weighted by atomic mass is 10.2. The minimum absolute atomic E-state index is 0.152. The molecule has 0 N–H and O–H groups in total. The lowest BCUT2D eigenvalue weighted by Gasteiger charge is -1.94. The molecule has 0 atom stereocenters. The molecule has 0 spiro atoms. The predicted octanol–water partition coefficient (Wildman–Crippen LogP) is 2.26. The third kappa shape index (κ3) is 6.40. The van der Waals surface area contributed by atoms with Gasteiger partial charge >= 0.3 is 5.97 Å². The Kier molecular flexibility index (Phi) is 7.80. The topological polar surface area (TPSA) is 43.4 Å². The second-order valence-electron chi connectivity index (χ2n) is 3.09. The summed E-state index contributed by atoms with van der Waals surface area (Å²) in [4.78, 5) is 21.6. The van der Waals surface area contributed by atoms with Crippen LogP contribution in [0.2, 0.25) is 0 Å². The van der Waals surface area contributed by atoms with E-state index in [0.717, 1.165) is 12.8 Å². The third-order valence-electron chi connectivity index (χ3n) is 1.86. The number of rotatable bonds is 7. The lowest BCUT2D eigenvalue weighted by molar-refractivity contribution is -0.151. The normalized spacial score (nSPS) is 10.4. The number of esters is 1. The SMILES string of the molecule is CCCCC/C=C/CC(=O)C(=O)OC. The number of ketones is 1. The van der Waals surface area contributed by atoms with E-state index in [-0.39, 0.29) is 6.42 Å². The summed E-state index contributed by atoms with van der Waals surface area (Å²) in [5.74, 6) is -1.25. The number of Topliss-reactive ketones (excluding diaryl/α,β-unsaturated/α-hetero) is 1. The Balaban J connectivity index is 3.51. The fourth-order valence-corrected chi connectivity index (χ4v) is 1.02. The van der Waals surface area contributed by atoms with Crippen LogP contribution in [0.1, 0.15) is 39.0 Å². The molecule has 0 aromatic heterocycles. The average Bonchev–Trinajstić information content (AvgIpc) is 2.21. The summed E-state index contributed by atoms with van der Waals surface area (Å²) in [6.45, 7) is 2.14. The molecule has 0 amide bonds. The second kappa shape index (κ2) is 8.48. The van der Waals surface area contributed by atoms with Crippen molar-refractivity contribution in [2.45, 2.75) is 39.0 Å². The van der Waals surface area contributed by atoms with Gasteiger partial charge in [-0.3, -0.25) is 4.79 Å². The fourth-order valence-electron chi connectivity index (χ4n) is 1.02. The highest BCUT2D eigenvalue weighted by Gasteiger charge is 2.10. The van der Waals surface area contributed by atoms with Crippen LogP contribution < -0.4 is 0 Å². The van der Waals surface area contributed by atoms with Crippen LogP contribution >= 0.6 is 0 Å². The molecule has 0 fully saturated rings. The first-order valence-electron chi connectivity index (χ1n) is 4.98. The zero-order valence-corrected chi connectivity index (χ0v) is 8.91. The summed E-state index contributed by atoms with van der Waals surface area (Å²) in [5, 5.41) is 0. The highest BCUT2D eigenvalue weighted by Crippen LogP contribution is 2.00. The zero-order chi connectivity index (χ0) is 10.8. The minimum Gasteiger partial charge on any atom is -0.463 e. The van der Waals surface area contributed by atoms with Crippen molar-refractivity contribution in [3.63, 3.8) is 0 Å². The maximum Gasteiger partial charge on any atom is 0.374 e. The molecule has 80 valence electrons. The van der Waals surface area contributed by atoms with E-state index >= 15 is 0 Å². The van der Waals surface area contributed by atoms with Gasteiger partial charge in [0, 0.05) is 6.42 Å². The Labute approximate surface area is 85.1 Å². The summed E-state index contributed by atoms with van der Waals surface area (Å²) >= 11 is 0. The van der Waals surface area contributed by atoms with E-state index in [1.165, 1.54) is 20.0 Å². The average molecular weight is 198 g/mol. The summed E-state index contributed by atoms with van der Waals surface area (Å²) in [7, 11) is 1.21. The van der Waals surface area contributed by atoms with Gasteiger partial charge in [0.25, 0.3) is 0 Å². The van der Waals surface area contributed by atoms with E-state index in [0.29, 0.717) is 0 Å². The van der Waals surface area contributed by atoms with Crippen LogP contribution in [0.15, 0.2) is 12.2 Å². The Bertz CT molecular complexity index is 207. The molecule has 0 heterocycles. The van der Waals surface area contributed by atoms with E-state index in [1.807, 2.05) is 6.08 Å². The summed E-state index contributed by atoms with van der Waals surface area (Å²) < 4.78 is 4.29. The maximum absolute atomic E-state index is 10.9. The summed E-state index contributed by atoms with van der Waals surface area (Å²) in [5.41, 5.74) is 0. The Morgan fingerprint density at radius 2 is 1.93 bits per heavy atom. The molecule has 0 aromatic rings. The number of carbonyl (C=O) groups excluding carboxylic acids is 2. The van der Waals surface area contributed by atoms with Crippen LogP contribution in [-0.4, -0.2) is 18.9 Å². The minimum atomic E-state index is -0.761. The van der Waals surface area contributed by atoms with Crippen LogP contribution in [0.5, 0.6) is 0 Å². The molecule has 3 nitrogen and oxygen atoms in total. The number of methoxy groups -OCH3 is 1.